The van der Waals surface area contributed by atoms with Gasteiger partial charge in [0.2, 0.25) is 5.91 Å². The lowest BCUT2D eigenvalue weighted by Gasteiger charge is -2.47. The van der Waals surface area contributed by atoms with E-state index in [-0.39, 0.29) is 17.4 Å². The summed E-state index contributed by atoms with van der Waals surface area (Å²) in [4.78, 5) is 32.2. The van der Waals surface area contributed by atoms with E-state index in [0.29, 0.717) is 24.4 Å². The summed E-state index contributed by atoms with van der Waals surface area (Å²) < 4.78 is 0. The molecule has 0 bridgehead atoms. The molecule has 2 aromatic rings. The number of carbonyl (C=O) groups excluding carboxylic acids is 2. The molecule has 0 aliphatic carbocycles. The predicted molar refractivity (Wildman–Crippen MR) is 123 cm³/mol. The quantitative estimate of drug-likeness (QED) is 0.664. The fourth-order valence-electron chi connectivity index (χ4n) is 3.67. The molecule has 30 heavy (non-hydrogen) atoms. The van der Waals surface area contributed by atoms with E-state index in [1.807, 2.05) is 35.2 Å². The molecule has 1 aliphatic heterocycles. The summed E-state index contributed by atoms with van der Waals surface area (Å²) >= 11 is 1.43. The molecule has 0 radical (unpaired) electrons. The molecular formula is C24H31N3O2S. The summed E-state index contributed by atoms with van der Waals surface area (Å²) in [5, 5.41) is 0. The van der Waals surface area contributed by atoms with Crippen LogP contribution >= 0.6 is 11.8 Å². The summed E-state index contributed by atoms with van der Waals surface area (Å²) in [7, 11) is 3.49. The molecule has 0 aromatic heterocycles. The van der Waals surface area contributed by atoms with Gasteiger partial charge in [-0.1, -0.05) is 42.5 Å². The van der Waals surface area contributed by atoms with Crippen molar-refractivity contribution in [2.75, 3.05) is 39.5 Å². The van der Waals surface area contributed by atoms with E-state index in [9.17, 15) is 9.59 Å². The zero-order valence-corrected chi connectivity index (χ0v) is 19.1. The van der Waals surface area contributed by atoms with Crippen molar-refractivity contribution in [3.63, 3.8) is 0 Å². The standard InChI is InChI=1S/C24H31N3O2S/c1-24(2)18-26(14-15-27(24)16-19-10-6-5-7-11-19)23(29)20-12-8-9-13-21(20)30-17-22(28)25(3)4/h5-13H,14-18H2,1-4H3. The van der Waals surface area contributed by atoms with Crippen molar-refractivity contribution in [2.24, 2.45) is 0 Å². The Morgan fingerprint density at radius 2 is 1.67 bits per heavy atom. The maximum absolute atomic E-state index is 13.4. The fraction of sp³-hybridized carbons (Fsp3) is 0.417. The van der Waals surface area contributed by atoms with Crippen LogP contribution in [0, 0.1) is 0 Å². The van der Waals surface area contributed by atoms with Crippen LogP contribution in [-0.2, 0) is 11.3 Å². The summed E-state index contributed by atoms with van der Waals surface area (Å²) in [6.45, 7) is 7.49. The van der Waals surface area contributed by atoms with Crippen molar-refractivity contribution in [1.29, 1.82) is 0 Å². The minimum atomic E-state index is -0.118. The third-order valence-corrected chi connectivity index (χ3v) is 6.60. The molecule has 0 spiro atoms. The van der Waals surface area contributed by atoms with E-state index in [1.165, 1.54) is 17.3 Å². The third-order valence-electron chi connectivity index (χ3n) is 5.54. The topological polar surface area (TPSA) is 43.9 Å². The SMILES string of the molecule is CN(C)C(=O)CSc1ccccc1C(=O)N1CCN(Cc2ccccc2)C(C)(C)C1. The van der Waals surface area contributed by atoms with Gasteiger partial charge in [-0.05, 0) is 31.5 Å². The second kappa shape index (κ2) is 9.67. The van der Waals surface area contributed by atoms with Gasteiger partial charge in [0.15, 0.2) is 0 Å². The molecule has 0 N–H and O–H groups in total. The number of nitrogens with zero attached hydrogens (tertiary/aromatic N) is 3. The summed E-state index contributed by atoms with van der Waals surface area (Å²) in [6.07, 6.45) is 0. The Morgan fingerprint density at radius 3 is 2.33 bits per heavy atom. The molecular weight excluding hydrogens is 394 g/mol. The van der Waals surface area contributed by atoms with Gasteiger partial charge < -0.3 is 9.80 Å². The smallest absolute Gasteiger partial charge is 0.255 e. The lowest BCUT2D eigenvalue weighted by molar-refractivity contribution is -0.125. The van der Waals surface area contributed by atoms with E-state index in [1.54, 1.807) is 19.0 Å². The zero-order chi connectivity index (χ0) is 21.7. The maximum Gasteiger partial charge on any atom is 0.255 e. The Kier molecular flexibility index (Phi) is 7.21. The first-order chi connectivity index (χ1) is 14.3. The van der Waals surface area contributed by atoms with Gasteiger partial charge in [0.05, 0.1) is 11.3 Å². The van der Waals surface area contributed by atoms with Gasteiger partial charge in [-0.15, -0.1) is 11.8 Å². The molecule has 3 rings (SSSR count). The highest BCUT2D eigenvalue weighted by Crippen LogP contribution is 2.28. The lowest BCUT2D eigenvalue weighted by atomic mass is 9.97. The van der Waals surface area contributed by atoms with Crippen LogP contribution in [0.15, 0.2) is 59.5 Å². The van der Waals surface area contributed by atoms with E-state index >= 15 is 0 Å². The van der Waals surface area contributed by atoms with E-state index < -0.39 is 0 Å². The van der Waals surface area contributed by atoms with Crippen molar-refractivity contribution < 1.29 is 9.59 Å². The molecule has 2 amide bonds. The molecule has 160 valence electrons. The highest BCUT2D eigenvalue weighted by molar-refractivity contribution is 8.00. The average molecular weight is 426 g/mol. The van der Waals surface area contributed by atoms with Crippen LogP contribution < -0.4 is 0 Å². The van der Waals surface area contributed by atoms with Crippen molar-refractivity contribution in [3.05, 3.63) is 65.7 Å². The molecule has 0 saturated carbocycles. The molecule has 1 saturated heterocycles. The monoisotopic (exact) mass is 425 g/mol. The van der Waals surface area contributed by atoms with Gasteiger partial charge >= 0.3 is 0 Å². The number of amides is 2. The number of carbonyl (C=O) groups is 2. The van der Waals surface area contributed by atoms with Gasteiger partial charge in [0.1, 0.15) is 0 Å². The molecule has 1 heterocycles. The Labute approximate surface area is 184 Å². The molecule has 5 nitrogen and oxygen atoms in total. The van der Waals surface area contributed by atoms with Crippen LogP contribution in [0.4, 0.5) is 0 Å². The molecule has 2 aromatic carbocycles. The van der Waals surface area contributed by atoms with Gasteiger partial charge in [-0.25, -0.2) is 0 Å². The minimum Gasteiger partial charge on any atom is -0.348 e. The van der Waals surface area contributed by atoms with Crippen molar-refractivity contribution in [3.8, 4) is 0 Å². The van der Waals surface area contributed by atoms with Crippen LogP contribution in [0.2, 0.25) is 0 Å². The predicted octanol–water partition coefficient (Wildman–Crippen LogP) is 3.60. The van der Waals surface area contributed by atoms with Gasteiger partial charge in [0, 0.05) is 50.7 Å². The molecule has 0 unspecified atom stereocenters. The minimum absolute atomic E-state index is 0.0397. The Bertz CT molecular complexity index is 883. The van der Waals surface area contributed by atoms with E-state index in [0.717, 1.165) is 18.0 Å². The maximum atomic E-state index is 13.4. The van der Waals surface area contributed by atoms with E-state index in [4.69, 9.17) is 0 Å². The molecule has 1 fully saturated rings. The Hall–Kier alpha value is -2.31. The first-order valence-electron chi connectivity index (χ1n) is 10.3. The molecule has 1 aliphatic rings. The normalized spacial score (nSPS) is 16.3. The second-order valence-electron chi connectivity index (χ2n) is 8.52. The van der Waals surface area contributed by atoms with Crippen molar-refractivity contribution in [1.82, 2.24) is 14.7 Å². The largest absolute Gasteiger partial charge is 0.348 e. The summed E-state index contributed by atoms with van der Waals surface area (Å²) in [5.74, 6) is 0.411. The summed E-state index contributed by atoms with van der Waals surface area (Å²) in [6, 6.07) is 18.1. The lowest BCUT2D eigenvalue weighted by Crippen LogP contribution is -2.60. The van der Waals surface area contributed by atoms with Gasteiger partial charge in [-0.2, -0.15) is 0 Å². The van der Waals surface area contributed by atoms with Crippen LogP contribution in [0.3, 0.4) is 0 Å². The Balaban J connectivity index is 1.69. The van der Waals surface area contributed by atoms with Crippen molar-refractivity contribution in [2.45, 2.75) is 30.8 Å². The average Bonchev–Trinajstić information content (AvgIpc) is 2.73. The van der Waals surface area contributed by atoms with Crippen LogP contribution in [0.25, 0.3) is 0 Å². The summed E-state index contributed by atoms with van der Waals surface area (Å²) in [5.41, 5.74) is 1.85. The fourth-order valence-corrected chi connectivity index (χ4v) is 4.69. The van der Waals surface area contributed by atoms with Crippen LogP contribution in [0.5, 0.6) is 0 Å². The van der Waals surface area contributed by atoms with Gasteiger partial charge in [0.25, 0.3) is 5.91 Å². The van der Waals surface area contributed by atoms with E-state index in [2.05, 4.69) is 43.0 Å². The van der Waals surface area contributed by atoms with Crippen LogP contribution in [0.1, 0.15) is 29.8 Å². The third kappa shape index (κ3) is 5.43. The van der Waals surface area contributed by atoms with Gasteiger partial charge in [-0.3, -0.25) is 14.5 Å². The first kappa shape index (κ1) is 22.4. The number of hydrogen-bond donors (Lipinski definition) is 0. The second-order valence-corrected chi connectivity index (χ2v) is 9.54. The Morgan fingerprint density at radius 1 is 1.00 bits per heavy atom. The highest BCUT2D eigenvalue weighted by atomic mass is 32.2. The number of rotatable bonds is 6. The zero-order valence-electron chi connectivity index (χ0n) is 18.3. The first-order valence-corrected chi connectivity index (χ1v) is 11.3. The number of benzene rings is 2. The highest BCUT2D eigenvalue weighted by Gasteiger charge is 2.36. The molecule has 0 atom stereocenters. The number of thioether (sulfide) groups is 1. The van der Waals surface area contributed by atoms with Crippen molar-refractivity contribution >= 4 is 23.6 Å². The van der Waals surface area contributed by atoms with Crippen LogP contribution in [-0.4, -0.2) is 71.5 Å². The number of hydrogen-bond acceptors (Lipinski definition) is 4. The number of piperazine rings is 1. The molecule has 6 heteroatoms.